The molecule has 1 aliphatic carbocycles. The van der Waals surface area contributed by atoms with Crippen molar-refractivity contribution in [3.8, 4) is 11.4 Å². The second kappa shape index (κ2) is 6.87. The van der Waals surface area contributed by atoms with E-state index in [0.717, 1.165) is 31.2 Å². The molecule has 0 unspecified atom stereocenters. The summed E-state index contributed by atoms with van der Waals surface area (Å²) in [5, 5.41) is 7.02. The molecule has 2 heterocycles. The fourth-order valence-corrected chi connectivity index (χ4v) is 2.99. The molecule has 3 rings (SSSR count). The van der Waals surface area contributed by atoms with Crippen LogP contribution in [0.5, 0.6) is 0 Å². The number of aryl methyl sites for hydroxylation is 1. The maximum atomic E-state index is 12.1. The molecule has 0 aliphatic heterocycles. The molecule has 1 fully saturated rings. The van der Waals surface area contributed by atoms with Crippen LogP contribution in [0.15, 0.2) is 29.0 Å². The Balaban J connectivity index is 1.54. The lowest BCUT2D eigenvalue weighted by Gasteiger charge is -2.28. The van der Waals surface area contributed by atoms with E-state index in [2.05, 4.69) is 20.4 Å². The van der Waals surface area contributed by atoms with Gasteiger partial charge < -0.3 is 15.6 Å². The van der Waals surface area contributed by atoms with Crippen molar-refractivity contribution >= 4 is 5.91 Å². The summed E-state index contributed by atoms with van der Waals surface area (Å²) in [5.74, 6) is 0.957. The maximum Gasteiger partial charge on any atom is 0.227 e. The van der Waals surface area contributed by atoms with Crippen LogP contribution in [0.25, 0.3) is 11.4 Å². The van der Waals surface area contributed by atoms with Gasteiger partial charge in [-0.25, -0.2) is 0 Å². The maximum absolute atomic E-state index is 12.1. The van der Waals surface area contributed by atoms with Gasteiger partial charge >= 0.3 is 0 Å². The van der Waals surface area contributed by atoms with Crippen molar-refractivity contribution in [2.75, 3.05) is 6.54 Å². The monoisotopic (exact) mass is 315 g/mol. The zero-order chi connectivity index (χ0) is 16.1. The van der Waals surface area contributed by atoms with Crippen molar-refractivity contribution in [3.05, 3.63) is 30.4 Å². The number of pyridine rings is 1. The lowest BCUT2D eigenvalue weighted by atomic mass is 9.97. The van der Waals surface area contributed by atoms with Crippen LogP contribution in [-0.2, 0) is 11.2 Å². The number of aromatic nitrogens is 3. The minimum Gasteiger partial charge on any atom is -0.349 e. The van der Waals surface area contributed by atoms with Gasteiger partial charge in [0.15, 0.2) is 0 Å². The van der Waals surface area contributed by atoms with Crippen LogP contribution in [0, 0.1) is 0 Å². The number of carbonyl (C=O) groups is 1. The molecule has 0 radical (unpaired) electrons. The van der Waals surface area contributed by atoms with Crippen LogP contribution in [0.2, 0.25) is 0 Å². The van der Waals surface area contributed by atoms with E-state index in [1.807, 2.05) is 12.1 Å². The highest BCUT2D eigenvalue weighted by Gasteiger charge is 2.33. The van der Waals surface area contributed by atoms with Gasteiger partial charge in [0.05, 0.1) is 5.54 Å². The molecule has 0 aromatic carbocycles. The van der Waals surface area contributed by atoms with Gasteiger partial charge in [0.25, 0.3) is 0 Å². The first kappa shape index (κ1) is 15.6. The molecule has 7 heteroatoms. The van der Waals surface area contributed by atoms with Crippen molar-refractivity contribution in [2.45, 2.75) is 44.1 Å². The van der Waals surface area contributed by atoms with Crippen molar-refractivity contribution in [1.29, 1.82) is 0 Å². The second-order valence-corrected chi connectivity index (χ2v) is 5.99. The zero-order valence-electron chi connectivity index (χ0n) is 13.0. The summed E-state index contributed by atoms with van der Waals surface area (Å²) in [6.07, 6.45) is 8.25. The van der Waals surface area contributed by atoms with Gasteiger partial charge in [-0.1, -0.05) is 18.0 Å². The molecule has 23 heavy (non-hydrogen) atoms. The largest absolute Gasteiger partial charge is 0.349 e. The van der Waals surface area contributed by atoms with Gasteiger partial charge in [0, 0.05) is 37.3 Å². The van der Waals surface area contributed by atoms with Gasteiger partial charge in [0.2, 0.25) is 17.6 Å². The second-order valence-electron chi connectivity index (χ2n) is 5.99. The van der Waals surface area contributed by atoms with Gasteiger partial charge in [-0.15, -0.1) is 0 Å². The Kier molecular flexibility index (Phi) is 4.66. The molecule has 0 spiro atoms. The molecule has 1 aliphatic rings. The van der Waals surface area contributed by atoms with Crippen LogP contribution in [0.3, 0.4) is 0 Å². The minimum absolute atomic E-state index is 0.0130. The molecule has 1 amide bonds. The smallest absolute Gasteiger partial charge is 0.227 e. The zero-order valence-corrected chi connectivity index (χ0v) is 13.0. The van der Waals surface area contributed by atoms with Gasteiger partial charge in [-0.2, -0.15) is 4.98 Å². The predicted octanol–water partition coefficient (Wildman–Crippen LogP) is 1.45. The summed E-state index contributed by atoms with van der Waals surface area (Å²) < 4.78 is 5.20. The molecule has 0 saturated heterocycles. The molecular formula is C16H21N5O2. The van der Waals surface area contributed by atoms with E-state index in [4.69, 9.17) is 10.3 Å². The van der Waals surface area contributed by atoms with E-state index < -0.39 is 0 Å². The number of hydrogen-bond donors (Lipinski definition) is 2. The Morgan fingerprint density at radius 2 is 2.04 bits per heavy atom. The Bertz CT molecular complexity index is 650. The summed E-state index contributed by atoms with van der Waals surface area (Å²) in [6.45, 7) is 0.492. The SMILES string of the molecule is NCC1(NC(=O)CCc2nc(-c3ccncc3)no2)CCCC1. The molecule has 2 aromatic rings. The lowest BCUT2D eigenvalue weighted by molar-refractivity contribution is -0.123. The lowest BCUT2D eigenvalue weighted by Crippen LogP contribution is -2.51. The number of rotatable bonds is 6. The molecule has 3 N–H and O–H groups in total. The summed E-state index contributed by atoms with van der Waals surface area (Å²) in [5.41, 5.74) is 6.46. The first-order valence-corrected chi connectivity index (χ1v) is 7.95. The highest BCUT2D eigenvalue weighted by molar-refractivity contribution is 5.77. The third-order valence-corrected chi connectivity index (χ3v) is 4.33. The number of carbonyl (C=O) groups excluding carboxylic acids is 1. The molecule has 0 bridgehead atoms. The van der Waals surface area contributed by atoms with Crippen LogP contribution >= 0.6 is 0 Å². The van der Waals surface area contributed by atoms with Crippen molar-refractivity contribution in [2.24, 2.45) is 5.73 Å². The van der Waals surface area contributed by atoms with E-state index in [1.54, 1.807) is 12.4 Å². The fraction of sp³-hybridized carbons (Fsp3) is 0.500. The summed E-state index contributed by atoms with van der Waals surface area (Å²) in [7, 11) is 0. The predicted molar refractivity (Wildman–Crippen MR) is 84.2 cm³/mol. The third-order valence-electron chi connectivity index (χ3n) is 4.33. The first-order valence-electron chi connectivity index (χ1n) is 7.95. The number of nitrogens with two attached hydrogens (primary N) is 1. The van der Waals surface area contributed by atoms with Gasteiger partial charge in [0.1, 0.15) is 0 Å². The summed E-state index contributed by atoms with van der Waals surface area (Å²) >= 11 is 0. The van der Waals surface area contributed by atoms with Crippen LogP contribution in [0.4, 0.5) is 0 Å². The molecule has 2 aromatic heterocycles. The van der Waals surface area contributed by atoms with E-state index in [0.29, 0.717) is 31.1 Å². The topological polar surface area (TPSA) is 107 Å². The first-order chi connectivity index (χ1) is 11.2. The van der Waals surface area contributed by atoms with Crippen molar-refractivity contribution in [3.63, 3.8) is 0 Å². The number of amides is 1. The van der Waals surface area contributed by atoms with Crippen LogP contribution in [0.1, 0.15) is 38.0 Å². The average molecular weight is 315 g/mol. The van der Waals surface area contributed by atoms with Gasteiger partial charge in [-0.3, -0.25) is 9.78 Å². The van der Waals surface area contributed by atoms with Crippen LogP contribution < -0.4 is 11.1 Å². The number of nitrogens with zero attached hydrogens (tertiary/aromatic N) is 3. The highest BCUT2D eigenvalue weighted by Crippen LogP contribution is 2.28. The highest BCUT2D eigenvalue weighted by atomic mass is 16.5. The molecular weight excluding hydrogens is 294 g/mol. The van der Waals surface area contributed by atoms with Crippen molar-refractivity contribution < 1.29 is 9.32 Å². The Morgan fingerprint density at radius 1 is 1.30 bits per heavy atom. The van der Waals surface area contributed by atoms with Crippen LogP contribution in [-0.4, -0.2) is 33.1 Å². The van der Waals surface area contributed by atoms with E-state index in [-0.39, 0.29) is 11.4 Å². The molecule has 1 saturated carbocycles. The molecule has 7 nitrogen and oxygen atoms in total. The molecule has 122 valence electrons. The number of nitrogens with one attached hydrogen (secondary N) is 1. The number of hydrogen-bond acceptors (Lipinski definition) is 6. The fourth-order valence-electron chi connectivity index (χ4n) is 2.99. The van der Waals surface area contributed by atoms with E-state index in [1.165, 1.54) is 0 Å². The Morgan fingerprint density at radius 3 is 2.74 bits per heavy atom. The summed E-state index contributed by atoms with van der Waals surface area (Å²) in [4.78, 5) is 20.4. The third kappa shape index (κ3) is 3.73. The van der Waals surface area contributed by atoms with Crippen molar-refractivity contribution in [1.82, 2.24) is 20.4 Å². The normalized spacial score (nSPS) is 16.4. The molecule has 0 atom stereocenters. The average Bonchev–Trinajstić information content (AvgIpc) is 3.24. The minimum atomic E-state index is -0.214. The summed E-state index contributed by atoms with van der Waals surface area (Å²) in [6, 6.07) is 3.62. The van der Waals surface area contributed by atoms with E-state index >= 15 is 0 Å². The standard InChI is InChI=1S/C16H21N5O2/c17-11-16(7-1-2-8-16)20-13(22)3-4-14-19-15(21-23-14)12-5-9-18-10-6-12/h5-6,9-10H,1-4,7-8,11,17H2,(H,20,22). The Labute approximate surface area is 134 Å². The van der Waals surface area contributed by atoms with E-state index in [9.17, 15) is 4.79 Å². The van der Waals surface area contributed by atoms with Gasteiger partial charge in [-0.05, 0) is 25.0 Å². The quantitative estimate of drug-likeness (QED) is 0.835. The Hall–Kier alpha value is -2.28.